The second-order valence-corrected chi connectivity index (χ2v) is 4.22. The van der Waals surface area contributed by atoms with Gasteiger partial charge in [0.15, 0.2) is 0 Å². The topological polar surface area (TPSA) is 49.5 Å². The SMILES string of the molecule is CCC(N)c1ccccc1N(C)C(C)CO. The molecular weight excluding hydrogens is 200 g/mol. The Labute approximate surface area is 97.9 Å². The fourth-order valence-electron chi connectivity index (χ4n) is 1.70. The van der Waals surface area contributed by atoms with Crippen LogP contribution in [0.15, 0.2) is 24.3 Å². The van der Waals surface area contributed by atoms with Gasteiger partial charge >= 0.3 is 0 Å². The van der Waals surface area contributed by atoms with Gasteiger partial charge in [0.25, 0.3) is 0 Å². The number of anilines is 1. The van der Waals surface area contributed by atoms with E-state index in [0.29, 0.717) is 0 Å². The van der Waals surface area contributed by atoms with Gasteiger partial charge in [-0.05, 0) is 25.0 Å². The normalized spacial score (nSPS) is 14.6. The van der Waals surface area contributed by atoms with Gasteiger partial charge in [-0.25, -0.2) is 0 Å². The van der Waals surface area contributed by atoms with Crippen LogP contribution in [-0.4, -0.2) is 24.8 Å². The van der Waals surface area contributed by atoms with E-state index in [1.54, 1.807) is 0 Å². The maximum atomic E-state index is 9.18. The molecule has 1 rings (SSSR count). The van der Waals surface area contributed by atoms with Crippen molar-refractivity contribution in [3.63, 3.8) is 0 Å². The third-order valence-electron chi connectivity index (χ3n) is 3.08. The van der Waals surface area contributed by atoms with E-state index >= 15 is 0 Å². The molecule has 1 aromatic carbocycles. The van der Waals surface area contributed by atoms with Crippen molar-refractivity contribution in [3.8, 4) is 0 Å². The number of hydrogen-bond acceptors (Lipinski definition) is 3. The van der Waals surface area contributed by atoms with E-state index in [1.807, 2.05) is 26.1 Å². The monoisotopic (exact) mass is 222 g/mol. The summed E-state index contributed by atoms with van der Waals surface area (Å²) >= 11 is 0. The second kappa shape index (κ2) is 5.87. The Bertz CT molecular complexity index is 327. The highest BCUT2D eigenvalue weighted by molar-refractivity contribution is 5.55. The standard InChI is InChI=1S/C13H22N2O/c1-4-12(14)11-7-5-6-8-13(11)15(3)10(2)9-16/h5-8,10,12,16H,4,9,14H2,1-3H3. The zero-order chi connectivity index (χ0) is 12.1. The number of hydrogen-bond donors (Lipinski definition) is 2. The molecule has 0 amide bonds. The largest absolute Gasteiger partial charge is 0.394 e. The molecule has 0 aliphatic rings. The first-order chi connectivity index (χ1) is 7.61. The van der Waals surface area contributed by atoms with Crippen molar-refractivity contribution in [1.82, 2.24) is 0 Å². The number of nitrogens with zero attached hydrogens (tertiary/aromatic N) is 1. The van der Waals surface area contributed by atoms with Crippen molar-refractivity contribution in [2.45, 2.75) is 32.4 Å². The highest BCUT2D eigenvalue weighted by Crippen LogP contribution is 2.26. The van der Waals surface area contributed by atoms with Crippen molar-refractivity contribution in [1.29, 1.82) is 0 Å². The lowest BCUT2D eigenvalue weighted by Crippen LogP contribution is -2.33. The van der Waals surface area contributed by atoms with Gasteiger partial charge in [0, 0.05) is 24.8 Å². The van der Waals surface area contributed by atoms with Crippen molar-refractivity contribution in [2.24, 2.45) is 5.73 Å². The number of likely N-dealkylation sites (N-methyl/N-ethyl adjacent to an activating group) is 1. The van der Waals surface area contributed by atoms with Crippen molar-refractivity contribution in [2.75, 3.05) is 18.6 Å². The summed E-state index contributed by atoms with van der Waals surface area (Å²) in [6, 6.07) is 8.28. The molecule has 2 atom stereocenters. The molecule has 0 saturated heterocycles. The smallest absolute Gasteiger partial charge is 0.0632 e. The predicted molar refractivity (Wildman–Crippen MR) is 68.6 cm³/mol. The lowest BCUT2D eigenvalue weighted by molar-refractivity contribution is 0.270. The minimum atomic E-state index is 0.0598. The Morgan fingerprint density at radius 2 is 2.00 bits per heavy atom. The number of nitrogens with two attached hydrogens (primary N) is 1. The minimum Gasteiger partial charge on any atom is -0.394 e. The van der Waals surface area contributed by atoms with Crippen LogP contribution in [0, 0.1) is 0 Å². The number of para-hydroxylation sites is 1. The molecule has 1 aromatic rings. The quantitative estimate of drug-likeness (QED) is 0.800. The van der Waals surface area contributed by atoms with Gasteiger partial charge in [-0.1, -0.05) is 25.1 Å². The molecule has 0 aromatic heterocycles. The third kappa shape index (κ3) is 2.74. The average Bonchev–Trinajstić information content (AvgIpc) is 2.35. The Morgan fingerprint density at radius 3 is 2.56 bits per heavy atom. The highest BCUT2D eigenvalue weighted by atomic mass is 16.3. The van der Waals surface area contributed by atoms with Crippen LogP contribution in [0.25, 0.3) is 0 Å². The molecule has 3 nitrogen and oxygen atoms in total. The van der Waals surface area contributed by atoms with Crippen LogP contribution in [0.5, 0.6) is 0 Å². The second-order valence-electron chi connectivity index (χ2n) is 4.22. The van der Waals surface area contributed by atoms with Crippen LogP contribution < -0.4 is 10.6 Å². The predicted octanol–water partition coefficient (Wildman–Crippen LogP) is 1.91. The summed E-state index contributed by atoms with van der Waals surface area (Å²) in [5.41, 5.74) is 8.34. The molecule has 3 N–H and O–H groups in total. The summed E-state index contributed by atoms with van der Waals surface area (Å²) in [4.78, 5) is 2.07. The molecule has 16 heavy (non-hydrogen) atoms. The molecular formula is C13H22N2O. The summed E-state index contributed by atoms with van der Waals surface area (Å²) in [7, 11) is 1.99. The molecule has 0 saturated carbocycles. The Kier molecular flexibility index (Phi) is 4.77. The first kappa shape index (κ1) is 13.0. The van der Waals surface area contributed by atoms with Gasteiger partial charge in [0.05, 0.1) is 6.61 Å². The first-order valence-corrected chi connectivity index (χ1v) is 5.80. The van der Waals surface area contributed by atoms with Crippen LogP contribution in [0.2, 0.25) is 0 Å². The molecule has 0 aliphatic carbocycles. The Balaban J connectivity index is 3.03. The van der Waals surface area contributed by atoms with E-state index in [9.17, 15) is 5.11 Å². The van der Waals surface area contributed by atoms with E-state index < -0.39 is 0 Å². The maximum Gasteiger partial charge on any atom is 0.0632 e. The fourth-order valence-corrected chi connectivity index (χ4v) is 1.70. The molecule has 0 bridgehead atoms. The van der Waals surface area contributed by atoms with Gasteiger partial charge in [-0.15, -0.1) is 0 Å². The molecule has 90 valence electrons. The average molecular weight is 222 g/mol. The Morgan fingerprint density at radius 1 is 1.38 bits per heavy atom. The van der Waals surface area contributed by atoms with E-state index in [0.717, 1.165) is 17.7 Å². The fraction of sp³-hybridized carbons (Fsp3) is 0.538. The zero-order valence-electron chi connectivity index (χ0n) is 10.4. The zero-order valence-corrected chi connectivity index (χ0v) is 10.4. The first-order valence-electron chi connectivity index (χ1n) is 5.80. The molecule has 0 fully saturated rings. The molecule has 0 spiro atoms. The molecule has 0 radical (unpaired) electrons. The molecule has 3 heteroatoms. The van der Waals surface area contributed by atoms with Gasteiger partial charge in [0.1, 0.15) is 0 Å². The van der Waals surface area contributed by atoms with E-state index in [1.165, 1.54) is 0 Å². The van der Waals surface area contributed by atoms with Crippen molar-refractivity contribution in [3.05, 3.63) is 29.8 Å². The molecule has 0 aliphatic heterocycles. The van der Waals surface area contributed by atoms with Crippen LogP contribution >= 0.6 is 0 Å². The van der Waals surface area contributed by atoms with Crippen LogP contribution in [0.1, 0.15) is 31.9 Å². The third-order valence-corrected chi connectivity index (χ3v) is 3.08. The van der Waals surface area contributed by atoms with Crippen LogP contribution in [-0.2, 0) is 0 Å². The number of benzene rings is 1. The van der Waals surface area contributed by atoms with E-state index in [2.05, 4.69) is 24.0 Å². The van der Waals surface area contributed by atoms with Gasteiger partial charge in [-0.3, -0.25) is 0 Å². The molecule has 2 unspecified atom stereocenters. The summed E-state index contributed by atoms with van der Waals surface area (Å²) in [5.74, 6) is 0. The van der Waals surface area contributed by atoms with Crippen LogP contribution in [0.3, 0.4) is 0 Å². The lowest BCUT2D eigenvalue weighted by Gasteiger charge is -2.29. The summed E-state index contributed by atoms with van der Waals surface area (Å²) in [6.45, 7) is 4.22. The number of rotatable bonds is 5. The van der Waals surface area contributed by atoms with Crippen LogP contribution in [0.4, 0.5) is 5.69 Å². The lowest BCUT2D eigenvalue weighted by atomic mass is 10.0. The summed E-state index contributed by atoms with van der Waals surface area (Å²) < 4.78 is 0. The minimum absolute atomic E-state index is 0.0598. The van der Waals surface area contributed by atoms with Gasteiger partial charge in [0.2, 0.25) is 0 Å². The number of aliphatic hydroxyl groups is 1. The van der Waals surface area contributed by atoms with E-state index in [-0.39, 0.29) is 18.7 Å². The Hall–Kier alpha value is -1.06. The van der Waals surface area contributed by atoms with E-state index in [4.69, 9.17) is 5.73 Å². The maximum absolute atomic E-state index is 9.18. The summed E-state index contributed by atoms with van der Waals surface area (Å²) in [5, 5.41) is 9.18. The summed E-state index contributed by atoms with van der Waals surface area (Å²) in [6.07, 6.45) is 0.915. The van der Waals surface area contributed by atoms with Gasteiger partial charge in [-0.2, -0.15) is 0 Å². The number of aliphatic hydroxyl groups excluding tert-OH is 1. The molecule has 0 heterocycles. The van der Waals surface area contributed by atoms with Crippen molar-refractivity contribution >= 4 is 5.69 Å². The highest BCUT2D eigenvalue weighted by Gasteiger charge is 2.15. The van der Waals surface area contributed by atoms with Gasteiger partial charge < -0.3 is 15.7 Å². The van der Waals surface area contributed by atoms with Crippen molar-refractivity contribution < 1.29 is 5.11 Å².